The number of carbonyl (C=O) groups is 2. The van der Waals surface area contributed by atoms with E-state index in [1.165, 1.54) is 6.07 Å². The highest BCUT2D eigenvalue weighted by molar-refractivity contribution is 6.10. The van der Waals surface area contributed by atoms with Crippen LogP contribution in [0.3, 0.4) is 0 Å². The van der Waals surface area contributed by atoms with Crippen molar-refractivity contribution in [2.75, 3.05) is 19.5 Å². The highest BCUT2D eigenvalue weighted by Crippen LogP contribution is 2.36. The standard InChI is InChI=1S/C19H17NO5/c1-24-16-9-11-7-13(8-12(11)10-17(16)25-2)18(21)20-15-6-4-3-5-14(15)19(22)23/h3-7,9-10H,8H2,1-2H3,(H,20,21)(H,22,23). The van der Waals surface area contributed by atoms with Gasteiger partial charge in [0.15, 0.2) is 11.5 Å². The van der Waals surface area contributed by atoms with Crippen LogP contribution >= 0.6 is 0 Å². The second-order valence-electron chi connectivity index (χ2n) is 5.56. The lowest BCUT2D eigenvalue weighted by molar-refractivity contribution is -0.112. The molecule has 1 aliphatic carbocycles. The van der Waals surface area contributed by atoms with Crippen molar-refractivity contribution in [2.24, 2.45) is 0 Å². The van der Waals surface area contributed by atoms with Crippen LogP contribution in [0.15, 0.2) is 42.0 Å². The molecule has 0 bridgehead atoms. The number of hydrogen-bond acceptors (Lipinski definition) is 4. The zero-order valence-corrected chi connectivity index (χ0v) is 13.8. The number of amides is 1. The molecule has 0 aliphatic heterocycles. The van der Waals surface area contributed by atoms with E-state index < -0.39 is 5.97 Å². The van der Waals surface area contributed by atoms with Crippen molar-refractivity contribution in [1.29, 1.82) is 0 Å². The third-order valence-corrected chi connectivity index (χ3v) is 4.05. The Kier molecular flexibility index (Phi) is 4.43. The third kappa shape index (κ3) is 3.19. The quantitative estimate of drug-likeness (QED) is 0.875. The molecule has 0 unspecified atom stereocenters. The summed E-state index contributed by atoms with van der Waals surface area (Å²) in [7, 11) is 3.11. The van der Waals surface area contributed by atoms with Gasteiger partial charge in [-0.25, -0.2) is 4.79 Å². The Morgan fingerprint density at radius 1 is 1.08 bits per heavy atom. The van der Waals surface area contributed by atoms with Crippen molar-refractivity contribution in [3.8, 4) is 11.5 Å². The summed E-state index contributed by atoms with van der Waals surface area (Å²) >= 11 is 0. The Hall–Kier alpha value is -3.28. The van der Waals surface area contributed by atoms with E-state index in [9.17, 15) is 14.7 Å². The van der Waals surface area contributed by atoms with Crippen LogP contribution in [-0.4, -0.2) is 31.2 Å². The molecule has 0 spiro atoms. The van der Waals surface area contributed by atoms with Crippen molar-refractivity contribution in [1.82, 2.24) is 0 Å². The molecule has 0 saturated carbocycles. The van der Waals surface area contributed by atoms with Crippen molar-refractivity contribution >= 4 is 23.6 Å². The van der Waals surface area contributed by atoms with Gasteiger partial charge in [-0.05, 0) is 41.5 Å². The summed E-state index contributed by atoms with van der Waals surface area (Å²) in [6, 6.07) is 9.97. The van der Waals surface area contributed by atoms with Gasteiger partial charge in [0, 0.05) is 12.0 Å². The van der Waals surface area contributed by atoms with Crippen LogP contribution in [0.4, 0.5) is 5.69 Å². The van der Waals surface area contributed by atoms with Crippen LogP contribution in [0.25, 0.3) is 6.08 Å². The van der Waals surface area contributed by atoms with E-state index in [2.05, 4.69) is 5.32 Å². The highest BCUT2D eigenvalue weighted by Gasteiger charge is 2.22. The zero-order chi connectivity index (χ0) is 18.0. The normalized spacial score (nSPS) is 12.2. The van der Waals surface area contributed by atoms with Crippen molar-refractivity contribution < 1.29 is 24.2 Å². The predicted octanol–water partition coefficient (Wildman–Crippen LogP) is 2.98. The molecule has 0 radical (unpaired) electrons. The SMILES string of the molecule is COc1cc2c(cc1OC)CC(C(=O)Nc1ccccc1C(=O)O)=C2. The molecule has 0 atom stereocenters. The second kappa shape index (κ2) is 6.68. The van der Waals surface area contributed by atoms with Gasteiger partial charge < -0.3 is 19.9 Å². The van der Waals surface area contributed by atoms with Gasteiger partial charge in [-0.1, -0.05) is 12.1 Å². The first-order chi connectivity index (χ1) is 12.0. The summed E-state index contributed by atoms with van der Waals surface area (Å²) in [4.78, 5) is 23.8. The van der Waals surface area contributed by atoms with Gasteiger partial charge in [0.05, 0.1) is 25.5 Å². The molecule has 6 heteroatoms. The maximum atomic E-state index is 12.5. The molecule has 1 aliphatic rings. The summed E-state index contributed by atoms with van der Waals surface area (Å²) in [6.45, 7) is 0. The highest BCUT2D eigenvalue weighted by atomic mass is 16.5. The van der Waals surface area contributed by atoms with Gasteiger partial charge in [-0.15, -0.1) is 0 Å². The van der Waals surface area contributed by atoms with E-state index in [0.29, 0.717) is 23.5 Å². The molecular weight excluding hydrogens is 322 g/mol. The number of aromatic carboxylic acids is 1. The van der Waals surface area contributed by atoms with Crippen molar-refractivity contribution in [2.45, 2.75) is 6.42 Å². The average Bonchev–Trinajstić information content (AvgIpc) is 3.03. The van der Waals surface area contributed by atoms with Crippen LogP contribution in [0.1, 0.15) is 21.5 Å². The molecule has 6 nitrogen and oxygen atoms in total. The van der Waals surface area contributed by atoms with Crippen LogP contribution in [0, 0.1) is 0 Å². The number of anilines is 1. The third-order valence-electron chi connectivity index (χ3n) is 4.05. The minimum atomic E-state index is -1.09. The molecule has 2 aromatic carbocycles. The largest absolute Gasteiger partial charge is 0.493 e. The topological polar surface area (TPSA) is 84.9 Å². The maximum Gasteiger partial charge on any atom is 0.337 e. The summed E-state index contributed by atoms with van der Waals surface area (Å²) in [5.41, 5.74) is 2.71. The van der Waals surface area contributed by atoms with Crippen LogP contribution in [0.5, 0.6) is 11.5 Å². The van der Waals surface area contributed by atoms with Gasteiger partial charge in [0.25, 0.3) is 5.91 Å². The fourth-order valence-corrected chi connectivity index (χ4v) is 2.80. The number of para-hydroxylation sites is 1. The van der Waals surface area contributed by atoms with E-state index >= 15 is 0 Å². The molecule has 128 valence electrons. The predicted molar refractivity (Wildman–Crippen MR) is 93.3 cm³/mol. The number of fused-ring (bicyclic) bond motifs is 1. The van der Waals surface area contributed by atoms with E-state index in [0.717, 1.165) is 11.1 Å². The van der Waals surface area contributed by atoms with Gasteiger partial charge in [0.1, 0.15) is 0 Å². The average molecular weight is 339 g/mol. The van der Waals surface area contributed by atoms with E-state index in [1.807, 2.05) is 12.1 Å². The van der Waals surface area contributed by atoms with E-state index in [4.69, 9.17) is 9.47 Å². The maximum absolute atomic E-state index is 12.5. The minimum absolute atomic E-state index is 0.0512. The lowest BCUT2D eigenvalue weighted by Gasteiger charge is -2.10. The molecular formula is C19H17NO5. The Bertz CT molecular complexity index is 885. The lowest BCUT2D eigenvalue weighted by Crippen LogP contribution is -2.16. The van der Waals surface area contributed by atoms with Crippen molar-refractivity contribution in [3.05, 3.63) is 58.7 Å². The first kappa shape index (κ1) is 16.6. The van der Waals surface area contributed by atoms with Crippen LogP contribution in [-0.2, 0) is 11.2 Å². The Morgan fingerprint density at radius 3 is 2.44 bits per heavy atom. The number of nitrogens with one attached hydrogen (secondary N) is 1. The number of carboxylic acids is 1. The number of rotatable bonds is 5. The first-order valence-electron chi connectivity index (χ1n) is 7.62. The van der Waals surface area contributed by atoms with Gasteiger partial charge in [-0.3, -0.25) is 4.79 Å². The molecule has 0 saturated heterocycles. The number of hydrogen-bond donors (Lipinski definition) is 2. The number of ether oxygens (including phenoxy) is 2. The fraction of sp³-hybridized carbons (Fsp3) is 0.158. The molecule has 2 aromatic rings. The van der Waals surface area contributed by atoms with Gasteiger partial charge in [-0.2, -0.15) is 0 Å². The Morgan fingerprint density at radius 2 is 1.76 bits per heavy atom. The lowest BCUT2D eigenvalue weighted by atomic mass is 10.1. The monoisotopic (exact) mass is 339 g/mol. The zero-order valence-electron chi connectivity index (χ0n) is 13.8. The molecule has 3 rings (SSSR count). The summed E-state index contributed by atoms with van der Waals surface area (Å²) in [5, 5.41) is 11.9. The number of benzene rings is 2. The molecule has 0 heterocycles. The summed E-state index contributed by atoms with van der Waals surface area (Å²) in [5.74, 6) is -0.222. The second-order valence-corrected chi connectivity index (χ2v) is 5.56. The smallest absolute Gasteiger partial charge is 0.337 e. The molecule has 0 fully saturated rings. The van der Waals surface area contributed by atoms with Crippen LogP contribution < -0.4 is 14.8 Å². The van der Waals surface area contributed by atoms with E-state index in [-0.39, 0.29) is 17.2 Å². The van der Waals surface area contributed by atoms with Gasteiger partial charge in [0.2, 0.25) is 0 Å². The first-order valence-corrected chi connectivity index (χ1v) is 7.62. The summed E-state index contributed by atoms with van der Waals surface area (Å²) in [6.07, 6.45) is 2.22. The molecule has 25 heavy (non-hydrogen) atoms. The molecule has 0 aromatic heterocycles. The number of methoxy groups -OCH3 is 2. The van der Waals surface area contributed by atoms with Crippen LogP contribution in [0.2, 0.25) is 0 Å². The Labute approximate surface area is 144 Å². The number of carboxylic acid groups (broad SMARTS) is 1. The van der Waals surface area contributed by atoms with Gasteiger partial charge >= 0.3 is 5.97 Å². The Balaban J connectivity index is 1.84. The molecule has 1 amide bonds. The minimum Gasteiger partial charge on any atom is -0.493 e. The summed E-state index contributed by atoms with van der Waals surface area (Å²) < 4.78 is 10.6. The van der Waals surface area contributed by atoms with E-state index in [1.54, 1.807) is 38.5 Å². The number of carbonyl (C=O) groups excluding carboxylic acids is 1. The van der Waals surface area contributed by atoms with Crippen molar-refractivity contribution in [3.63, 3.8) is 0 Å². The molecule has 2 N–H and O–H groups in total. The fourth-order valence-electron chi connectivity index (χ4n) is 2.80.